The number of halogens is 1. The van der Waals surface area contributed by atoms with Crippen LogP contribution in [0.5, 0.6) is 0 Å². The van der Waals surface area contributed by atoms with E-state index < -0.39 is 23.5 Å². The first-order chi connectivity index (χ1) is 9.22. The SMILES string of the molecule is COC1C=C(F)C=CC1(C)[C@@H](C)[C@@H](C)OC(=O)[C@H](C)N. The molecule has 0 spiro atoms. The van der Waals surface area contributed by atoms with Gasteiger partial charge in [-0.1, -0.05) is 19.9 Å². The second-order valence-electron chi connectivity index (χ2n) is 5.63. The van der Waals surface area contributed by atoms with Crippen LogP contribution in [-0.2, 0) is 14.3 Å². The van der Waals surface area contributed by atoms with E-state index in [-0.39, 0.29) is 17.8 Å². The number of carbonyl (C=O) groups is 1. The number of methoxy groups -OCH3 is 1. The third kappa shape index (κ3) is 3.46. The molecule has 0 aromatic heterocycles. The molecular weight excluding hydrogens is 261 g/mol. The van der Waals surface area contributed by atoms with Crippen LogP contribution >= 0.6 is 0 Å². The maximum Gasteiger partial charge on any atom is 0.322 e. The van der Waals surface area contributed by atoms with Crippen molar-refractivity contribution in [2.45, 2.75) is 45.9 Å². The van der Waals surface area contributed by atoms with E-state index in [0.717, 1.165) is 0 Å². The van der Waals surface area contributed by atoms with Gasteiger partial charge in [-0.05, 0) is 26.0 Å². The quantitative estimate of drug-likeness (QED) is 0.788. The van der Waals surface area contributed by atoms with Gasteiger partial charge in [-0.3, -0.25) is 4.79 Å². The first-order valence-corrected chi connectivity index (χ1v) is 6.77. The minimum absolute atomic E-state index is 0.0595. The van der Waals surface area contributed by atoms with Crippen LogP contribution in [-0.4, -0.2) is 31.3 Å². The van der Waals surface area contributed by atoms with Gasteiger partial charge in [-0.15, -0.1) is 0 Å². The highest BCUT2D eigenvalue weighted by Gasteiger charge is 2.42. The maximum atomic E-state index is 13.3. The summed E-state index contributed by atoms with van der Waals surface area (Å²) in [5, 5.41) is 0. The Hall–Kier alpha value is -1.20. The summed E-state index contributed by atoms with van der Waals surface area (Å²) in [6.45, 7) is 7.30. The summed E-state index contributed by atoms with van der Waals surface area (Å²) in [4.78, 5) is 11.6. The van der Waals surface area contributed by atoms with Crippen molar-refractivity contribution in [1.82, 2.24) is 0 Å². The zero-order chi connectivity index (χ0) is 15.5. The number of carbonyl (C=O) groups excluding carboxylic acids is 1. The van der Waals surface area contributed by atoms with Crippen molar-refractivity contribution in [1.29, 1.82) is 0 Å². The van der Waals surface area contributed by atoms with Gasteiger partial charge in [0.2, 0.25) is 0 Å². The predicted molar refractivity (Wildman–Crippen MR) is 75.6 cm³/mol. The van der Waals surface area contributed by atoms with E-state index in [0.29, 0.717) is 0 Å². The molecule has 0 radical (unpaired) electrons. The van der Waals surface area contributed by atoms with E-state index >= 15 is 0 Å². The van der Waals surface area contributed by atoms with E-state index in [9.17, 15) is 9.18 Å². The Labute approximate surface area is 119 Å². The lowest BCUT2D eigenvalue weighted by Gasteiger charge is -2.41. The van der Waals surface area contributed by atoms with Crippen molar-refractivity contribution < 1.29 is 18.7 Å². The predicted octanol–water partition coefficient (Wildman–Crippen LogP) is 2.35. The van der Waals surface area contributed by atoms with Crippen molar-refractivity contribution in [2.24, 2.45) is 17.1 Å². The summed E-state index contributed by atoms with van der Waals surface area (Å²) in [7, 11) is 1.54. The molecule has 1 rings (SSSR count). The molecule has 0 bridgehead atoms. The minimum Gasteiger partial charge on any atom is -0.461 e. The fourth-order valence-electron chi connectivity index (χ4n) is 2.36. The van der Waals surface area contributed by atoms with E-state index in [1.165, 1.54) is 19.3 Å². The Kier molecular flexibility index (Phi) is 5.48. The molecule has 0 aromatic rings. The minimum atomic E-state index is -0.657. The molecule has 0 aliphatic heterocycles. The first kappa shape index (κ1) is 16.9. The molecule has 0 fully saturated rings. The summed E-state index contributed by atoms with van der Waals surface area (Å²) >= 11 is 0. The molecule has 20 heavy (non-hydrogen) atoms. The average Bonchev–Trinajstić information content (AvgIpc) is 2.40. The van der Waals surface area contributed by atoms with Gasteiger partial charge >= 0.3 is 5.97 Å². The Morgan fingerprint density at radius 2 is 2.05 bits per heavy atom. The molecule has 5 atom stereocenters. The largest absolute Gasteiger partial charge is 0.461 e. The van der Waals surface area contributed by atoms with Crippen LogP contribution in [0.2, 0.25) is 0 Å². The zero-order valence-electron chi connectivity index (χ0n) is 12.7. The van der Waals surface area contributed by atoms with Gasteiger partial charge in [0, 0.05) is 18.4 Å². The number of rotatable bonds is 5. The fourth-order valence-corrected chi connectivity index (χ4v) is 2.36. The average molecular weight is 285 g/mol. The van der Waals surface area contributed by atoms with Gasteiger partial charge in [0.05, 0.1) is 6.10 Å². The van der Waals surface area contributed by atoms with Crippen LogP contribution in [0.25, 0.3) is 0 Å². The molecule has 1 aliphatic carbocycles. The van der Waals surface area contributed by atoms with Gasteiger partial charge in [0.15, 0.2) is 0 Å². The van der Waals surface area contributed by atoms with Crippen molar-refractivity contribution in [3.05, 3.63) is 24.1 Å². The van der Waals surface area contributed by atoms with Crippen molar-refractivity contribution in [2.75, 3.05) is 7.11 Å². The van der Waals surface area contributed by atoms with Gasteiger partial charge in [-0.2, -0.15) is 0 Å². The third-order valence-electron chi connectivity index (χ3n) is 4.14. The Balaban J connectivity index is 2.86. The van der Waals surface area contributed by atoms with Crippen LogP contribution < -0.4 is 5.73 Å². The topological polar surface area (TPSA) is 61.5 Å². The van der Waals surface area contributed by atoms with E-state index in [2.05, 4.69) is 0 Å². The molecule has 2 N–H and O–H groups in total. The lowest BCUT2D eigenvalue weighted by molar-refractivity contribution is -0.154. The van der Waals surface area contributed by atoms with Crippen molar-refractivity contribution in [3.8, 4) is 0 Å². The summed E-state index contributed by atoms with van der Waals surface area (Å²) in [5.74, 6) is -0.819. The molecule has 2 unspecified atom stereocenters. The maximum absolute atomic E-state index is 13.3. The summed E-state index contributed by atoms with van der Waals surface area (Å²) in [6.07, 6.45) is 3.88. The zero-order valence-corrected chi connectivity index (χ0v) is 12.7. The van der Waals surface area contributed by atoms with Crippen molar-refractivity contribution in [3.63, 3.8) is 0 Å². The summed E-state index contributed by atoms with van der Waals surface area (Å²) in [6, 6.07) is -0.657. The van der Waals surface area contributed by atoms with E-state index in [1.54, 1.807) is 13.0 Å². The standard InChI is InChI=1S/C15H24FNO3/c1-9(11(3)20-14(18)10(2)17)15(4)7-6-12(16)8-13(15)19-5/h6-11,13H,17H2,1-5H3/t9-,10-,11+,13?,15?/m0/s1. The van der Waals surface area contributed by atoms with Crippen LogP contribution in [0.1, 0.15) is 27.7 Å². The highest BCUT2D eigenvalue weighted by atomic mass is 19.1. The molecule has 0 amide bonds. The van der Waals surface area contributed by atoms with Crippen LogP contribution in [0.4, 0.5) is 4.39 Å². The monoisotopic (exact) mass is 285 g/mol. The number of esters is 1. The second kappa shape index (κ2) is 6.50. The number of hydrogen-bond donors (Lipinski definition) is 1. The normalized spacial score (nSPS) is 30.4. The number of allylic oxidation sites excluding steroid dienone is 2. The molecular formula is C15H24FNO3. The molecule has 0 saturated heterocycles. The number of nitrogens with two attached hydrogens (primary N) is 1. The molecule has 0 heterocycles. The lowest BCUT2D eigenvalue weighted by Crippen LogP contribution is -2.44. The number of hydrogen-bond acceptors (Lipinski definition) is 4. The van der Waals surface area contributed by atoms with Crippen LogP contribution in [0.15, 0.2) is 24.1 Å². The Morgan fingerprint density at radius 1 is 1.45 bits per heavy atom. The smallest absolute Gasteiger partial charge is 0.322 e. The highest BCUT2D eigenvalue weighted by Crippen LogP contribution is 2.41. The summed E-state index contributed by atoms with van der Waals surface area (Å²) < 4.78 is 24.0. The Morgan fingerprint density at radius 3 is 2.55 bits per heavy atom. The van der Waals surface area contributed by atoms with E-state index in [1.807, 2.05) is 20.8 Å². The van der Waals surface area contributed by atoms with Gasteiger partial charge in [0.1, 0.15) is 18.0 Å². The fraction of sp³-hybridized carbons (Fsp3) is 0.667. The molecule has 1 aliphatic rings. The summed E-state index contributed by atoms with van der Waals surface area (Å²) in [5.41, 5.74) is 5.04. The molecule has 0 saturated carbocycles. The van der Waals surface area contributed by atoms with Gasteiger partial charge in [-0.25, -0.2) is 4.39 Å². The van der Waals surface area contributed by atoms with Crippen LogP contribution in [0, 0.1) is 11.3 Å². The molecule has 114 valence electrons. The third-order valence-corrected chi connectivity index (χ3v) is 4.14. The molecule has 0 aromatic carbocycles. The van der Waals surface area contributed by atoms with Crippen molar-refractivity contribution >= 4 is 5.97 Å². The van der Waals surface area contributed by atoms with Gasteiger partial charge in [0.25, 0.3) is 0 Å². The van der Waals surface area contributed by atoms with Gasteiger partial charge < -0.3 is 15.2 Å². The lowest BCUT2D eigenvalue weighted by atomic mass is 9.69. The first-order valence-electron chi connectivity index (χ1n) is 6.77. The van der Waals surface area contributed by atoms with Crippen LogP contribution in [0.3, 0.4) is 0 Å². The Bertz CT molecular complexity index is 419. The molecule has 4 nitrogen and oxygen atoms in total. The second-order valence-corrected chi connectivity index (χ2v) is 5.63. The number of ether oxygens (including phenoxy) is 2. The van der Waals surface area contributed by atoms with E-state index in [4.69, 9.17) is 15.2 Å². The molecule has 5 heteroatoms. The highest BCUT2D eigenvalue weighted by molar-refractivity contribution is 5.75.